The summed E-state index contributed by atoms with van der Waals surface area (Å²) < 4.78 is 1.46. The van der Waals surface area contributed by atoms with Gasteiger partial charge >= 0.3 is 0 Å². The van der Waals surface area contributed by atoms with Crippen LogP contribution >= 0.6 is 7.92 Å². The van der Waals surface area contributed by atoms with E-state index in [1.165, 1.54) is 0 Å². The van der Waals surface area contributed by atoms with Gasteiger partial charge in [-0.2, -0.15) is 0 Å². The fraction of sp³-hybridized carbons (Fsp3) is 1.00. The summed E-state index contributed by atoms with van der Waals surface area (Å²) >= 11 is 0. The topological polar surface area (TPSA) is 0 Å². The van der Waals surface area contributed by atoms with Crippen molar-refractivity contribution in [1.82, 2.24) is 0 Å². The maximum absolute atomic E-state index is 2.73. The molecule has 0 aliphatic carbocycles. The average Bonchev–Trinajstić information content (AvgIpc) is 2.62. The van der Waals surface area contributed by atoms with Crippen LogP contribution in [0, 0.1) is 0 Å². The van der Waals surface area contributed by atoms with Crippen molar-refractivity contribution < 1.29 is 0 Å². The first-order chi connectivity index (χ1) is 10.6. The van der Waals surface area contributed by atoms with Gasteiger partial charge in [0.2, 0.25) is 0 Å². The fourth-order valence-corrected chi connectivity index (χ4v) is 50.7. The zero-order valence-electron chi connectivity index (χ0n) is 20.4. The predicted molar refractivity (Wildman–Crippen MR) is 135 cm³/mol. The molecule has 0 aromatic rings. The highest BCUT2D eigenvalue weighted by atomic mass is 31.1. The fourth-order valence-electron chi connectivity index (χ4n) is 7.15. The molecule has 0 aromatic heterocycles. The summed E-state index contributed by atoms with van der Waals surface area (Å²) in [4.78, 5) is 0. The Morgan fingerprint density at radius 1 is 0.520 bits per heavy atom. The van der Waals surface area contributed by atoms with Crippen LogP contribution in [0.3, 0.4) is 0 Å². The van der Waals surface area contributed by atoms with E-state index < -0.39 is 32.3 Å². The van der Waals surface area contributed by atoms with E-state index in [-0.39, 0.29) is 7.92 Å². The second kappa shape index (κ2) is 6.40. The molecule has 0 bridgehead atoms. The van der Waals surface area contributed by atoms with Gasteiger partial charge in [0, 0.05) is 0 Å². The molecular weight excluding hydrogens is 384 g/mol. The predicted octanol–water partition coefficient (Wildman–Crippen LogP) is 8.05. The van der Waals surface area contributed by atoms with Gasteiger partial charge in [-0.25, -0.2) is 0 Å². The van der Waals surface area contributed by atoms with Crippen molar-refractivity contribution in [3.05, 3.63) is 0 Å². The van der Waals surface area contributed by atoms with Gasteiger partial charge in [-0.05, 0) is 26.8 Å². The molecule has 150 valence electrons. The van der Waals surface area contributed by atoms with Crippen LogP contribution in [0.5, 0.6) is 0 Å². The SMILES string of the molecule is CC(C)(C)P1C([Si](C)(C)C)([Si](C)(C)C)CCC1([Si](C)(C)C)[Si](C)(C)C. The van der Waals surface area contributed by atoms with Gasteiger partial charge in [0.25, 0.3) is 0 Å². The Balaban J connectivity index is 4.02. The number of hydrogen-bond donors (Lipinski definition) is 0. The number of hydrogen-bond acceptors (Lipinski definition) is 0. The molecule has 0 saturated carbocycles. The Hall–Kier alpha value is 1.30. The van der Waals surface area contributed by atoms with Crippen LogP contribution in [0.25, 0.3) is 0 Å². The van der Waals surface area contributed by atoms with Gasteiger partial charge in [-0.15, -0.1) is 0 Å². The van der Waals surface area contributed by atoms with Gasteiger partial charge in [-0.1, -0.05) is 107 Å². The summed E-state index contributed by atoms with van der Waals surface area (Å²) in [6.07, 6.45) is 3.13. The third-order valence-corrected chi connectivity index (χ3v) is 41.2. The molecule has 0 atom stereocenters. The van der Waals surface area contributed by atoms with Gasteiger partial charge in [0.05, 0.1) is 32.3 Å². The van der Waals surface area contributed by atoms with E-state index in [0.717, 1.165) is 8.81 Å². The van der Waals surface area contributed by atoms with Crippen molar-refractivity contribution in [2.24, 2.45) is 0 Å². The average molecular weight is 433 g/mol. The lowest BCUT2D eigenvalue weighted by Crippen LogP contribution is -2.70. The Bertz CT molecular complexity index is 424. The molecule has 1 aliphatic heterocycles. The molecule has 0 amide bonds. The van der Waals surface area contributed by atoms with E-state index in [2.05, 4.69) is 99.3 Å². The summed E-state index contributed by atoms with van der Waals surface area (Å²) in [7, 11) is -5.16. The molecular formula is C20H49PSi4. The van der Waals surface area contributed by atoms with Gasteiger partial charge in [0.1, 0.15) is 0 Å². The van der Waals surface area contributed by atoms with Crippen LogP contribution in [-0.4, -0.2) is 46.3 Å². The Kier molecular flexibility index (Phi) is 6.23. The minimum atomic E-state index is -1.29. The lowest BCUT2D eigenvalue weighted by atomic mass is 10.3. The maximum atomic E-state index is 2.73. The van der Waals surface area contributed by atoms with Crippen LogP contribution in [0.15, 0.2) is 0 Å². The largest absolute Gasteiger partial charge is 0.0995 e. The molecule has 5 heteroatoms. The summed E-state index contributed by atoms with van der Waals surface area (Å²) in [5.74, 6) is 0. The molecule has 25 heavy (non-hydrogen) atoms. The zero-order chi connectivity index (χ0) is 20.5. The molecule has 0 nitrogen and oxygen atoms in total. The van der Waals surface area contributed by atoms with E-state index in [0.29, 0.717) is 5.16 Å². The standard InChI is InChI=1S/C20H49PSi4/c1-18(2,3)21-19(22(4,5)6,23(7,8)9)16-17-20(21,24(10,11)12)25(13,14)15/h16-17H2,1-15H3. The minimum absolute atomic E-state index is 0.0131. The third kappa shape index (κ3) is 3.54. The van der Waals surface area contributed by atoms with E-state index in [1.54, 1.807) is 12.8 Å². The Labute approximate surface area is 166 Å². The zero-order valence-corrected chi connectivity index (χ0v) is 25.3. The minimum Gasteiger partial charge on any atom is -0.0995 e. The first-order valence-corrected chi connectivity index (χ1v) is 25.7. The van der Waals surface area contributed by atoms with Crippen LogP contribution in [0.1, 0.15) is 33.6 Å². The highest BCUT2D eigenvalue weighted by Crippen LogP contribution is 2.82. The highest BCUT2D eigenvalue weighted by molar-refractivity contribution is 7.75. The van der Waals surface area contributed by atoms with Gasteiger partial charge in [0.15, 0.2) is 0 Å². The summed E-state index contributed by atoms with van der Waals surface area (Å²) in [5, 5.41) is 0.479. The Morgan fingerprint density at radius 2 is 0.720 bits per heavy atom. The van der Waals surface area contributed by atoms with E-state index >= 15 is 0 Å². The molecule has 0 aromatic carbocycles. The van der Waals surface area contributed by atoms with Crippen LogP contribution in [-0.2, 0) is 0 Å². The third-order valence-electron chi connectivity index (χ3n) is 7.25. The first-order valence-electron chi connectivity index (χ1n) is 10.4. The normalized spacial score (nSPS) is 23.2. The van der Waals surface area contributed by atoms with Crippen molar-refractivity contribution in [2.75, 3.05) is 0 Å². The van der Waals surface area contributed by atoms with Gasteiger partial charge < -0.3 is 0 Å². The smallest absolute Gasteiger partial charge is 0.0526 e. The van der Waals surface area contributed by atoms with Crippen LogP contribution in [0.2, 0.25) is 78.6 Å². The van der Waals surface area contributed by atoms with Gasteiger partial charge in [-0.3, -0.25) is 0 Å². The molecule has 1 saturated heterocycles. The molecule has 1 rings (SSSR count). The van der Waals surface area contributed by atoms with Crippen LogP contribution < -0.4 is 0 Å². The second-order valence-corrected chi connectivity index (χ2v) is 41.4. The lowest BCUT2D eigenvalue weighted by molar-refractivity contribution is 0.767. The monoisotopic (exact) mass is 432 g/mol. The van der Waals surface area contributed by atoms with Crippen molar-refractivity contribution >= 4 is 40.2 Å². The maximum Gasteiger partial charge on any atom is 0.0526 e. The molecule has 0 unspecified atom stereocenters. The van der Waals surface area contributed by atoms with Crippen molar-refractivity contribution in [2.45, 2.75) is 126 Å². The van der Waals surface area contributed by atoms with Crippen molar-refractivity contribution in [3.63, 3.8) is 0 Å². The molecule has 1 fully saturated rings. The highest BCUT2D eigenvalue weighted by Gasteiger charge is 2.73. The molecule has 0 spiro atoms. The van der Waals surface area contributed by atoms with Crippen molar-refractivity contribution in [1.29, 1.82) is 0 Å². The van der Waals surface area contributed by atoms with Crippen molar-refractivity contribution in [3.8, 4) is 0 Å². The Morgan fingerprint density at radius 3 is 0.840 bits per heavy atom. The van der Waals surface area contributed by atoms with E-state index in [9.17, 15) is 0 Å². The molecule has 0 radical (unpaired) electrons. The first kappa shape index (κ1) is 24.3. The van der Waals surface area contributed by atoms with Crippen LogP contribution in [0.4, 0.5) is 0 Å². The molecule has 1 aliphatic rings. The van der Waals surface area contributed by atoms with E-state index in [4.69, 9.17) is 0 Å². The quantitative estimate of drug-likeness (QED) is 0.311. The molecule has 1 heterocycles. The second-order valence-electron chi connectivity index (χ2n) is 13.7. The van der Waals surface area contributed by atoms with E-state index in [1.807, 2.05) is 0 Å². The lowest BCUT2D eigenvalue weighted by Gasteiger charge is -2.65. The summed E-state index contributed by atoms with van der Waals surface area (Å²) in [6, 6.07) is 0. The summed E-state index contributed by atoms with van der Waals surface area (Å²) in [6.45, 7) is 40.7. The molecule has 0 N–H and O–H groups in total. The number of rotatable bonds is 4. The summed E-state index contributed by atoms with van der Waals surface area (Å²) in [5.41, 5.74) is 0.